The van der Waals surface area contributed by atoms with Crippen molar-refractivity contribution in [3.63, 3.8) is 0 Å². The number of carbonyl (C=O) groups is 7. The van der Waals surface area contributed by atoms with Crippen molar-refractivity contribution in [3.05, 3.63) is 46.5 Å². The van der Waals surface area contributed by atoms with Gasteiger partial charge in [0.1, 0.15) is 28.4 Å². The molecule has 1 unspecified atom stereocenters. The molecule has 0 radical (unpaired) electrons. The molecule has 65 heavy (non-hydrogen) atoms. The Hall–Kier alpha value is -4.25. The van der Waals surface area contributed by atoms with E-state index in [0.717, 1.165) is 24.0 Å². The highest BCUT2D eigenvalue weighted by atomic mass is 35.5. The first kappa shape index (κ1) is 51.7. The average molecular weight is 944 g/mol. The third-order valence-corrected chi connectivity index (χ3v) is 15.4. The van der Waals surface area contributed by atoms with Crippen LogP contribution >= 0.6 is 23.4 Å². The molecule has 0 aromatic heterocycles. The molecular weight excluding hydrogens is 876 g/mol. The van der Waals surface area contributed by atoms with Crippen molar-refractivity contribution in [2.45, 2.75) is 147 Å². The third kappa shape index (κ3) is 12.4. The maximum absolute atomic E-state index is 14.4. The van der Waals surface area contributed by atoms with E-state index in [4.69, 9.17) is 25.8 Å². The van der Waals surface area contributed by atoms with E-state index in [1.54, 1.807) is 21.0 Å². The van der Waals surface area contributed by atoms with Crippen molar-refractivity contribution >= 4 is 70.3 Å². The highest BCUT2D eigenvalue weighted by Crippen LogP contribution is 2.52. The minimum absolute atomic E-state index is 0.0314. The van der Waals surface area contributed by atoms with Crippen LogP contribution in [0.15, 0.2) is 35.9 Å². The van der Waals surface area contributed by atoms with Crippen LogP contribution in [0.4, 0.5) is 10.5 Å². The molecule has 15 nitrogen and oxygen atoms in total. The number of anilines is 1. The number of methoxy groups -OCH3 is 1. The van der Waals surface area contributed by atoms with Gasteiger partial charge >= 0.3 is 6.09 Å². The Labute approximate surface area is 392 Å². The number of nitrogens with one attached hydrogen (secondary N) is 1. The summed E-state index contributed by atoms with van der Waals surface area (Å²) >= 11 is 8.08. The van der Waals surface area contributed by atoms with Crippen LogP contribution in [0.2, 0.25) is 5.02 Å². The Bertz CT molecular complexity index is 2060. The van der Waals surface area contributed by atoms with E-state index in [2.05, 4.69) is 5.32 Å². The topological polar surface area (TPSA) is 192 Å². The van der Waals surface area contributed by atoms with E-state index in [-0.39, 0.29) is 78.1 Å². The van der Waals surface area contributed by atoms with Gasteiger partial charge in [0.2, 0.25) is 23.6 Å². The molecule has 1 aromatic carbocycles. The molecule has 3 fully saturated rings. The number of imide groups is 1. The summed E-state index contributed by atoms with van der Waals surface area (Å²) in [6, 6.07) is 2.77. The molecular formula is C48H67ClN4O11S. The normalized spacial score (nSPS) is 30.1. The fourth-order valence-electron chi connectivity index (χ4n) is 9.02. The standard InChI is InChI=1S/C48H67ClN4O11S/c1-10-34(54)17-12-11-13-19-53-42(58)26-39(45(53)59)65-20-18-40(56)51(7)31(5)36(55)24-33-25-41(57)52(8)35-22-32(23-37(62-9)43(35)49)21-28(2)15-14-16-29(3)48(61)27-38(63-46(60)50-48)30(4)44-47(33,6)64-44/h14-16,22-23,29-31,33,38-39,44,61H,10-13,17-21,24-27H2,1-9H3,(H,50,60)/b16-14+,28-15+/t29-,30-,31+,33+,38+,39?,44+,47+,48+/m1/s1. The average Bonchev–Trinajstić information content (AvgIpc) is 3.89. The summed E-state index contributed by atoms with van der Waals surface area (Å²) in [5.74, 6) is -2.26. The van der Waals surface area contributed by atoms with Crippen LogP contribution in [0.1, 0.15) is 111 Å². The number of rotatable bonds is 16. The van der Waals surface area contributed by atoms with Crippen LogP contribution in [-0.4, -0.2) is 125 Å². The quantitative estimate of drug-likeness (QED) is 0.103. The number of fused-ring (bicyclic) bond motifs is 5. The van der Waals surface area contributed by atoms with E-state index >= 15 is 0 Å². The van der Waals surface area contributed by atoms with Gasteiger partial charge in [-0.3, -0.25) is 39.0 Å². The number of unbranched alkanes of at least 4 members (excludes halogenated alkanes) is 2. The van der Waals surface area contributed by atoms with Crippen LogP contribution in [0, 0.1) is 17.8 Å². The molecule has 4 heterocycles. The number of ketones is 2. The number of likely N-dealkylation sites (tertiary alicyclic amines) is 1. The monoisotopic (exact) mass is 942 g/mol. The molecule has 4 aliphatic rings. The first-order chi connectivity index (χ1) is 30.6. The molecule has 5 amide bonds. The number of thioether (sulfide) groups is 1. The van der Waals surface area contributed by atoms with Gasteiger partial charge in [-0.05, 0) is 57.7 Å². The zero-order valence-electron chi connectivity index (χ0n) is 39.3. The van der Waals surface area contributed by atoms with E-state index in [9.17, 15) is 38.7 Å². The molecule has 5 rings (SSSR count). The van der Waals surface area contributed by atoms with Gasteiger partial charge in [-0.25, -0.2) is 4.79 Å². The molecule has 9 atom stereocenters. The molecule has 17 heteroatoms. The molecule has 3 saturated heterocycles. The van der Waals surface area contributed by atoms with Crippen molar-refractivity contribution in [1.29, 1.82) is 0 Å². The lowest BCUT2D eigenvalue weighted by Gasteiger charge is -2.41. The second kappa shape index (κ2) is 22.0. The maximum Gasteiger partial charge on any atom is 0.409 e. The summed E-state index contributed by atoms with van der Waals surface area (Å²) < 4.78 is 17.8. The Morgan fingerprint density at radius 2 is 1.82 bits per heavy atom. The minimum atomic E-state index is -1.62. The van der Waals surface area contributed by atoms with Crippen LogP contribution in [-0.2, 0) is 44.7 Å². The Balaban J connectivity index is 1.30. The Kier molecular flexibility index (Phi) is 17.5. The predicted octanol–water partition coefficient (Wildman–Crippen LogP) is 6.59. The maximum atomic E-state index is 14.4. The van der Waals surface area contributed by atoms with E-state index in [1.165, 1.54) is 33.6 Å². The zero-order valence-corrected chi connectivity index (χ0v) is 40.9. The lowest BCUT2D eigenvalue weighted by atomic mass is 9.77. The number of aliphatic hydroxyl groups is 1. The number of ether oxygens (including phenoxy) is 3. The number of Topliss-reactive ketones (excluding diaryl/α,β-unsaturated/α-hetero) is 2. The van der Waals surface area contributed by atoms with Crippen LogP contribution in [0.5, 0.6) is 5.75 Å². The molecule has 2 N–H and O–H groups in total. The van der Waals surface area contributed by atoms with Gasteiger partial charge in [0, 0.05) is 89.1 Å². The van der Waals surface area contributed by atoms with E-state index in [0.29, 0.717) is 43.7 Å². The number of epoxide rings is 1. The Morgan fingerprint density at radius 3 is 2.51 bits per heavy atom. The fraction of sp³-hybridized carbons (Fsp3) is 0.646. The van der Waals surface area contributed by atoms with Crippen molar-refractivity contribution < 1.29 is 52.9 Å². The molecule has 4 bridgehead atoms. The third-order valence-electron chi connectivity index (χ3n) is 13.8. The van der Waals surface area contributed by atoms with Gasteiger partial charge in [-0.1, -0.05) is 62.6 Å². The van der Waals surface area contributed by atoms with Gasteiger partial charge in [-0.2, -0.15) is 0 Å². The number of amides is 5. The number of likely N-dealkylation sites (N-methyl/N-ethyl adjacent to an activating group) is 1. The lowest BCUT2D eigenvalue weighted by molar-refractivity contribution is -0.138. The van der Waals surface area contributed by atoms with Crippen molar-refractivity contribution in [3.8, 4) is 5.75 Å². The van der Waals surface area contributed by atoms with Crippen LogP contribution in [0.3, 0.4) is 0 Å². The summed E-state index contributed by atoms with van der Waals surface area (Å²) in [5.41, 5.74) is -0.430. The second-order valence-corrected chi connectivity index (χ2v) is 20.1. The van der Waals surface area contributed by atoms with Gasteiger partial charge in [0.05, 0.1) is 35.8 Å². The first-order valence-corrected chi connectivity index (χ1v) is 24.2. The number of nitrogens with zero attached hydrogens (tertiary/aromatic N) is 3. The van der Waals surface area contributed by atoms with E-state index in [1.807, 2.05) is 65.0 Å². The number of carbonyl (C=O) groups excluding carboxylic acids is 7. The number of benzene rings is 1. The SMILES string of the molecule is CCC(=O)CCCCCN1C(=O)CC(SCCC(=O)N(C)[C@@H](C)C(=O)C[C@H]2CC(=O)N(C)c3cc(cc(OC)c3Cl)C/C(C)=C/C=C/[C@@H](C)[C@@]3(O)C[C@H](OC(=O)N3)[C@@H](C)[C@@H]3O[C@@]23C)C1=O. The second-order valence-electron chi connectivity index (χ2n) is 18.4. The van der Waals surface area contributed by atoms with Crippen LogP contribution in [0.25, 0.3) is 0 Å². The summed E-state index contributed by atoms with van der Waals surface area (Å²) in [4.78, 5) is 96.5. The number of allylic oxidation sites excluding steroid dienone is 3. The first-order valence-electron chi connectivity index (χ1n) is 22.8. The van der Waals surface area contributed by atoms with Gasteiger partial charge in [0.25, 0.3) is 0 Å². The smallest absolute Gasteiger partial charge is 0.409 e. The van der Waals surface area contributed by atoms with Crippen molar-refractivity contribution in [2.24, 2.45) is 17.8 Å². The highest BCUT2D eigenvalue weighted by Gasteiger charge is 2.63. The van der Waals surface area contributed by atoms with Gasteiger partial charge in [0.15, 0.2) is 5.78 Å². The Morgan fingerprint density at radius 1 is 1.09 bits per heavy atom. The van der Waals surface area contributed by atoms with Gasteiger partial charge < -0.3 is 29.1 Å². The summed E-state index contributed by atoms with van der Waals surface area (Å²) in [6.45, 7) is 11.2. The zero-order chi connectivity index (χ0) is 48.0. The molecule has 1 aromatic rings. The number of halogens is 1. The predicted molar refractivity (Wildman–Crippen MR) is 249 cm³/mol. The summed E-state index contributed by atoms with van der Waals surface area (Å²) in [6.07, 6.45) is 6.97. The minimum Gasteiger partial charge on any atom is -0.495 e. The molecule has 0 aliphatic carbocycles. The molecule has 4 aliphatic heterocycles. The van der Waals surface area contributed by atoms with Gasteiger partial charge in [-0.15, -0.1) is 11.8 Å². The number of hydrogen-bond acceptors (Lipinski definition) is 12. The lowest BCUT2D eigenvalue weighted by Crippen LogP contribution is -2.60. The molecule has 0 spiro atoms. The highest BCUT2D eigenvalue weighted by molar-refractivity contribution is 8.00. The fourth-order valence-corrected chi connectivity index (χ4v) is 10.4. The van der Waals surface area contributed by atoms with Crippen molar-refractivity contribution in [1.82, 2.24) is 15.1 Å². The summed E-state index contributed by atoms with van der Waals surface area (Å²) in [5, 5.41) is 14.0. The van der Waals surface area contributed by atoms with Crippen molar-refractivity contribution in [2.75, 3.05) is 38.4 Å². The largest absolute Gasteiger partial charge is 0.495 e. The number of hydrogen-bond donors (Lipinski definition) is 2. The number of alkyl carbamates (subject to hydrolysis) is 1. The van der Waals surface area contributed by atoms with E-state index < -0.39 is 58.7 Å². The molecule has 358 valence electrons. The molecule has 0 saturated carbocycles. The van der Waals surface area contributed by atoms with Crippen LogP contribution < -0.4 is 15.0 Å². The summed E-state index contributed by atoms with van der Waals surface area (Å²) in [7, 11) is 4.66.